The molecule has 0 unspecified atom stereocenters. The fourth-order valence-corrected chi connectivity index (χ4v) is 0.785. The number of hydrogen-bond donors (Lipinski definition) is 0. The van der Waals surface area contributed by atoms with Crippen LogP contribution in [0.2, 0.25) is 0 Å². The van der Waals surface area contributed by atoms with Crippen molar-refractivity contribution in [2.24, 2.45) is 0 Å². The lowest BCUT2D eigenvalue weighted by Gasteiger charge is -1.95. The summed E-state index contributed by atoms with van der Waals surface area (Å²) in [6.07, 6.45) is 2.79. The highest BCUT2D eigenvalue weighted by Crippen LogP contribution is 1.94. The lowest BCUT2D eigenvalue weighted by molar-refractivity contribution is 0.568. The molecule has 1 aromatic heterocycles. The van der Waals surface area contributed by atoms with Gasteiger partial charge < -0.3 is 9.27 Å². The highest BCUT2D eigenvalue weighted by Gasteiger charge is 1.92. The Bertz CT molecular complexity index is 207. The van der Waals surface area contributed by atoms with Crippen molar-refractivity contribution in [3.05, 3.63) is 24.0 Å². The second-order valence-electron chi connectivity index (χ2n) is 1.97. The van der Waals surface area contributed by atoms with Gasteiger partial charge in [0, 0.05) is 5.69 Å². The van der Waals surface area contributed by atoms with E-state index < -0.39 is 0 Å². The first-order chi connectivity index (χ1) is 4.34. The van der Waals surface area contributed by atoms with Gasteiger partial charge in [-0.25, -0.2) is 0 Å². The molecule has 46 valence electrons. The van der Waals surface area contributed by atoms with Gasteiger partial charge in [-0.05, 0) is 25.3 Å². The van der Waals surface area contributed by atoms with Gasteiger partial charge in [0.25, 0.3) is 0 Å². The van der Waals surface area contributed by atoms with E-state index in [1.165, 1.54) is 0 Å². The molecule has 0 aromatic carbocycles. The minimum atomic E-state index is 0.471. The maximum atomic E-state index is 10.0. The molecule has 2 nitrogen and oxygen atoms in total. The predicted molar refractivity (Wildman–Crippen MR) is 38.5 cm³/mol. The molecule has 0 atom stereocenters. The molecule has 1 rings (SSSR count). The van der Waals surface area contributed by atoms with Crippen molar-refractivity contribution in [1.29, 1.82) is 0 Å². The van der Waals surface area contributed by atoms with E-state index in [0.717, 1.165) is 11.9 Å². The van der Waals surface area contributed by atoms with Gasteiger partial charge >= 0.3 is 7.41 Å². The third-order valence-corrected chi connectivity index (χ3v) is 1.33. The third kappa shape index (κ3) is 1.22. The Morgan fingerprint density at radius 2 is 2.56 bits per heavy atom. The summed E-state index contributed by atoms with van der Waals surface area (Å²) in [6, 6.07) is 3.91. The van der Waals surface area contributed by atoms with Crippen LogP contribution in [0.3, 0.4) is 0 Å². The molecule has 0 amide bonds. The van der Waals surface area contributed by atoms with E-state index in [2.05, 4.69) is 0 Å². The number of aryl methyl sites for hydroxylation is 1. The highest BCUT2D eigenvalue weighted by molar-refractivity contribution is 6.65. The van der Waals surface area contributed by atoms with Crippen LogP contribution < -0.4 is 0 Å². The Labute approximate surface area is 54.8 Å². The van der Waals surface area contributed by atoms with Gasteiger partial charge in [0.05, 0.1) is 0 Å². The van der Waals surface area contributed by atoms with Crippen molar-refractivity contribution in [3.63, 3.8) is 0 Å². The van der Waals surface area contributed by atoms with Crippen LogP contribution in [-0.2, 0) is 4.79 Å². The molecular weight excluding hydrogens is 113 g/mol. The minimum absolute atomic E-state index is 0.471. The zero-order valence-electron chi connectivity index (χ0n) is 5.37. The van der Waals surface area contributed by atoms with Crippen LogP contribution in [0, 0.1) is 6.92 Å². The Hall–Kier alpha value is -0.985. The second kappa shape index (κ2) is 2.53. The van der Waals surface area contributed by atoms with Crippen molar-refractivity contribution >= 4 is 13.6 Å². The Balaban J connectivity index is 2.80. The zero-order valence-corrected chi connectivity index (χ0v) is 5.37. The standard InChI is InChI=1S/C6H8BNO/c1-6-3-2-4-8(6)7-5-9/h2-5,7H,1H3. The monoisotopic (exact) mass is 121 g/mol. The molecule has 0 saturated carbocycles. The number of hydrogen-bond acceptors (Lipinski definition) is 1. The molecule has 3 heteroatoms. The summed E-state index contributed by atoms with van der Waals surface area (Å²) in [7, 11) is 0.471. The number of rotatable bonds is 2. The van der Waals surface area contributed by atoms with Crippen molar-refractivity contribution in [3.8, 4) is 0 Å². The quantitative estimate of drug-likeness (QED) is 0.404. The molecule has 0 aliphatic carbocycles. The molecule has 0 aliphatic rings. The fourth-order valence-electron chi connectivity index (χ4n) is 0.785. The highest BCUT2D eigenvalue weighted by atomic mass is 16.1. The van der Waals surface area contributed by atoms with Crippen LogP contribution in [0.15, 0.2) is 18.3 Å². The molecule has 0 N–H and O–H groups in total. The molecule has 0 spiro atoms. The van der Waals surface area contributed by atoms with Crippen LogP contribution >= 0.6 is 0 Å². The summed E-state index contributed by atoms with van der Waals surface area (Å²) in [5, 5.41) is 0. The van der Waals surface area contributed by atoms with Crippen LogP contribution in [0.5, 0.6) is 0 Å². The number of carbonyl (C=O) groups is 1. The number of aromatic nitrogens is 1. The summed E-state index contributed by atoms with van der Waals surface area (Å²) >= 11 is 0. The van der Waals surface area contributed by atoms with Crippen molar-refractivity contribution < 1.29 is 4.79 Å². The molecule has 0 fully saturated rings. The van der Waals surface area contributed by atoms with E-state index in [0.29, 0.717) is 7.41 Å². The smallest absolute Gasteiger partial charge is 0.314 e. The van der Waals surface area contributed by atoms with Gasteiger partial charge in [-0.2, -0.15) is 0 Å². The molecule has 1 heterocycles. The molecule has 9 heavy (non-hydrogen) atoms. The van der Waals surface area contributed by atoms with Gasteiger partial charge in [-0.3, -0.25) is 0 Å². The average molecular weight is 121 g/mol. The van der Waals surface area contributed by atoms with Gasteiger partial charge in [0.15, 0.2) is 0 Å². The van der Waals surface area contributed by atoms with E-state index in [9.17, 15) is 4.79 Å². The van der Waals surface area contributed by atoms with Crippen molar-refractivity contribution in [2.75, 3.05) is 0 Å². The largest absolute Gasteiger partial charge is 0.391 e. The van der Waals surface area contributed by atoms with E-state index in [-0.39, 0.29) is 0 Å². The van der Waals surface area contributed by atoms with Crippen LogP contribution in [-0.4, -0.2) is 18.1 Å². The van der Waals surface area contributed by atoms with Crippen LogP contribution in [0.1, 0.15) is 5.69 Å². The van der Waals surface area contributed by atoms with E-state index >= 15 is 0 Å². The number of nitrogens with zero attached hydrogens (tertiary/aromatic N) is 1. The maximum absolute atomic E-state index is 10.0. The zero-order chi connectivity index (χ0) is 6.69. The first-order valence-corrected chi connectivity index (χ1v) is 2.90. The molecular formula is C6H8BNO. The molecule has 1 aromatic rings. The normalized spacial score (nSPS) is 9.00. The van der Waals surface area contributed by atoms with Gasteiger partial charge in [0.2, 0.25) is 0 Å². The third-order valence-electron chi connectivity index (χ3n) is 1.33. The van der Waals surface area contributed by atoms with E-state index in [4.69, 9.17) is 0 Å². The first-order valence-electron chi connectivity index (χ1n) is 2.90. The number of carbonyl (C=O) groups excluding carboxylic acids is 1. The van der Waals surface area contributed by atoms with Crippen molar-refractivity contribution in [1.82, 2.24) is 4.48 Å². The predicted octanol–water partition coefficient (Wildman–Crippen LogP) is 0.186. The summed E-state index contributed by atoms with van der Waals surface area (Å²) in [5.41, 5.74) is 1.13. The van der Waals surface area contributed by atoms with Gasteiger partial charge in [0.1, 0.15) is 6.19 Å². The molecule has 0 aliphatic heterocycles. The van der Waals surface area contributed by atoms with Crippen LogP contribution in [0.4, 0.5) is 0 Å². The van der Waals surface area contributed by atoms with Gasteiger partial charge in [-0.1, -0.05) is 0 Å². The Morgan fingerprint density at radius 1 is 1.78 bits per heavy atom. The summed E-state index contributed by atoms with van der Waals surface area (Å²) in [6.45, 7) is 1.98. The first kappa shape index (κ1) is 6.14. The van der Waals surface area contributed by atoms with E-state index in [1.54, 1.807) is 0 Å². The Morgan fingerprint density at radius 3 is 3.00 bits per heavy atom. The SMILES string of the molecule is Cc1cccn1BC=O. The summed E-state index contributed by atoms with van der Waals surface area (Å²) < 4.78 is 1.90. The molecule has 0 bridgehead atoms. The topological polar surface area (TPSA) is 22.0 Å². The van der Waals surface area contributed by atoms with Crippen LogP contribution in [0.25, 0.3) is 0 Å². The maximum Gasteiger partial charge on any atom is 0.314 e. The summed E-state index contributed by atoms with van der Waals surface area (Å²) in [4.78, 5) is 10.0. The lowest BCUT2D eigenvalue weighted by atomic mass is 9.98. The Kier molecular flexibility index (Phi) is 1.73. The fraction of sp³-hybridized carbons (Fsp3) is 0.167. The lowest BCUT2D eigenvalue weighted by Crippen LogP contribution is -2.07. The van der Waals surface area contributed by atoms with E-state index in [1.807, 2.05) is 29.7 Å². The molecule has 0 saturated heterocycles. The minimum Gasteiger partial charge on any atom is -0.391 e. The van der Waals surface area contributed by atoms with Gasteiger partial charge in [-0.15, -0.1) is 0 Å². The summed E-state index contributed by atoms with van der Waals surface area (Å²) in [5.74, 6) is 0. The second-order valence-corrected chi connectivity index (χ2v) is 1.97. The van der Waals surface area contributed by atoms with Crippen molar-refractivity contribution in [2.45, 2.75) is 6.92 Å². The average Bonchev–Trinajstić information content (AvgIpc) is 2.18. The molecule has 0 radical (unpaired) electrons.